The lowest BCUT2D eigenvalue weighted by atomic mass is 10.1. The Morgan fingerprint density at radius 2 is 2.06 bits per heavy atom. The lowest BCUT2D eigenvalue weighted by Gasteiger charge is -2.10. The van der Waals surface area contributed by atoms with E-state index in [0.717, 1.165) is 0 Å². The highest BCUT2D eigenvalue weighted by Crippen LogP contribution is 2.39. The van der Waals surface area contributed by atoms with Crippen molar-refractivity contribution in [3.63, 3.8) is 0 Å². The molecule has 88 valence electrons. The number of halogens is 3. The maximum absolute atomic E-state index is 12.2. The van der Waals surface area contributed by atoms with Crippen LogP contribution >= 0.6 is 11.8 Å². The highest BCUT2D eigenvalue weighted by Gasteiger charge is 2.30. The molecule has 0 radical (unpaired) electrons. The van der Waals surface area contributed by atoms with Gasteiger partial charge in [0, 0.05) is 17.0 Å². The van der Waals surface area contributed by atoms with E-state index in [1.165, 1.54) is 25.1 Å². The van der Waals surface area contributed by atoms with Crippen molar-refractivity contribution in [2.75, 3.05) is 5.73 Å². The molecule has 6 heteroatoms. The van der Waals surface area contributed by atoms with Gasteiger partial charge in [-0.05, 0) is 42.4 Å². The molecule has 0 unspecified atom stereocenters. The SMILES string of the molecule is CC(=O)Cc1cc(N)ccc1SC(F)(F)F. The molecule has 0 saturated carbocycles. The van der Waals surface area contributed by atoms with Gasteiger partial charge in [-0.15, -0.1) is 0 Å². The van der Waals surface area contributed by atoms with Crippen LogP contribution in [0.5, 0.6) is 0 Å². The van der Waals surface area contributed by atoms with E-state index >= 15 is 0 Å². The molecule has 0 spiro atoms. The normalized spacial score (nSPS) is 11.5. The third-order valence-corrected chi connectivity index (χ3v) is 2.60. The van der Waals surface area contributed by atoms with Crippen molar-refractivity contribution < 1.29 is 18.0 Å². The summed E-state index contributed by atoms with van der Waals surface area (Å²) in [6.07, 6.45) is -0.0382. The average Bonchev–Trinajstić information content (AvgIpc) is 2.06. The number of ketones is 1. The van der Waals surface area contributed by atoms with Gasteiger partial charge in [-0.1, -0.05) is 0 Å². The van der Waals surface area contributed by atoms with Gasteiger partial charge in [0.15, 0.2) is 0 Å². The van der Waals surface area contributed by atoms with Gasteiger partial charge in [-0.25, -0.2) is 0 Å². The van der Waals surface area contributed by atoms with Gasteiger partial charge in [0.1, 0.15) is 5.78 Å². The lowest BCUT2D eigenvalue weighted by Crippen LogP contribution is -2.04. The summed E-state index contributed by atoms with van der Waals surface area (Å²) in [6, 6.07) is 4.07. The maximum Gasteiger partial charge on any atom is 0.446 e. The Morgan fingerprint density at radius 3 is 2.56 bits per heavy atom. The zero-order valence-electron chi connectivity index (χ0n) is 8.47. The molecule has 0 aliphatic rings. The van der Waals surface area contributed by atoms with E-state index < -0.39 is 5.51 Å². The zero-order chi connectivity index (χ0) is 12.3. The molecule has 0 aliphatic heterocycles. The molecule has 0 amide bonds. The molecule has 1 aromatic rings. The first kappa shape index (κ1) is 12.9. The number of benzene rings is 1. The Hall–Kier alpha value is -1.17. The van der Waals surface area contributed by atoms with E-state index in [1.54, 1.807) is 0 Å². The van der Waals surface area contributed by atoms with Crippen molar-refractivity contribution in [3.05, 3.63) is 23.8 Å². The van der Waals surface area contributed by atoms with Gasteiger partial charge < -0.3 is 5.73 Å². The number of hydrogen-bond acceptors (Lipinski definition) is 3. The summed E-state index contributed by atoms with van der Waals surface area (Å²) in [5.41, 5.74) is 1.77. The van der Waals surface area contributed by atoms with Gasteiger partial charge in [-0.3, -0.25) is 4.79 Å². The number of hydrogen-bond donors (Lipinski definition) is 1. The third kappa shape index (κ3) is 4.14. The molecule has 0 saturated heterocycles. The predicted octanol–water partition coefficient (Wildman–Crippen LogP) is 3.01. The number of thioether (sulfide) groups is 1. The Kier molecular flexibility index (Phi) is 3.85. The van der Waals surface area contributed by atoms with Crippen LogP contribution in [0, 0.1) is 0 Å². The number of nitrogens with two attached hydrogens (primary N) is 1. The largest absolute Gasteiger partial charge is 0.446 e. The first-order chi connectivity index (χ1) is 7.28. The predicted molar refractivity (Wildman–Crippen MR) is 57.2 cm³/mol. The van der Waals surface area contributed by atoms with E-state index in [-0.39, 0.29) is 28.9 Å². The molecule has 1 rings (SSSR count). The van der Waals surface area contributed by atoms with E-state index in [2.05, 4.69) is 0 Å². The fourth-order valence-corrected chi connectivity index (χ4v) is 1.88. The van der Waals surface area contributed by atoms with Crippen LogP contribution in [-0.4, -0.2) is 11.3 Å². The molecule has 2 nitrogen and oxygen atoms in total. The molecule has 16 heavy (non-hydrogen) atoms. The molecule has 0 aliphatic carbocycles. The molecular formula is C10H10F3NOS. The van der Waals surface area contributed by atoms with Crippen LogP contribution in [0.3, 0.4) is 0 Å². The lowest BCUT2D eigenvalue weighted by molar-refractivity contribution is -0.116. The summed E-state index contributed by atoms with van der Waals surface area (Å²) in [7, 11) is 0. The second-order valence-electron chi connectivity index (χ2n) is 3.29. The summed E-state index contributed by atoms with van der Waals surface area (Å²) >= 11 is -0.230. The number of anilines is 1. The van der Waals surface area contributed by atoms with E-state index in [9.17, 15) is 18.0 Å². The Balaban J connectivity index is 3.02. The first-order valence-electron chi connectivity index (χ1n) is 4.41. The average molecular weight is 249 g/mol. The van der Waals surface area contributed by atoms with Gasteiger partial charge in [0.2, 0.25) is 0 Å². The van der Waals surface area contributed by atoms with Crippen LogP contribution in [0.15, 0.2) is 23.1 Å². The van der Waals surface area contributed by atoms with Gasteiger partial charge in [0.05, 0.1) is 0 Å². The highest BCUT2D eigenvalue weighted by atomic mass is 32.2. The van der Waals surface area contributed by atoms with Crippen LogP contribution in [0.25, 0.3) is 0 Å². The van der Waals surface area contributed by atoms with Gasteiger partial charge >= 0.3 is 5.51 Å². The van der Waals surface area contributed by atoms with Crippen molar-refractivity contribution in [2.45, 2.75) is 23.7 Å². The topological polar surface area (TPSA) is 43.1 Å². The third-order valence-electron chi connectivity index (χ3n) is 1.75. The minimum Gasteiger partial charge on any atom is -0.399 e. The fraction of sp³-hybridized carbons (Fsp3) is 0.300. The number of nitrogen functional groups attached to an aromatic ring is 1. The van der Waals surface area contributed by atoms with Crippen LogP contribution in [0.2, 0.25) is 0 Å². The summed E-state index contributed by atoms with van der Waals surface area (Å²) in [6.45, 7) is 1.32. The van der Waals surface area contributed by atoms with Crippen LogP contribution in [0.1, 0.15) is 12.5 Å². The van der Waals surface area contributed by atoms with Crippen molar-refractivity contribution in [2.24, 2.45) is 0 Å². The number of carbonyl (C=O) groups excluding carboxylic acids is 1. The van der Waals surface area contributed by atoms with Crippen molar-refractivity contribution >= 4 is 23.2 Å². The molecule has 0 fully saturated rings. The molecule has 1 aromatic carbocycles. The van der Waals surface area contributed by atoms with E-state index in [4.69, 9.17) is 5.73 Å². The van der Waals surface area contributed by atoms with Crippen molar-refractivity contribution in [3.8, 4) is 0 Å². The molecular weight excluding hydrogens is 239 g/mol. The van der Waals surface area contributed by atoms with Crippen molar-refractivity contribution in [1.82, 2.24) is 0 Å². The summed E-state index contributed by atoms with van der Waals surface area (Å²) in [5.74, 6) is -0.199. The Bertz CT molecular complexity index is 404. The highest BCUT2D eigenvalue weighted by molar-refractivity contribution is 8.00. The number of rotatable bonds is 3. The molecule has 0 bridgehead atoms. The molecule has 0 heterocycles. The van der Waals surface area contributed by atoms with Crippen LogP contribution in [0.4, 0.5) is 18.9 Å². The molecule has 0 atom stereocenters. The van der Waals surface area contributed by atoms with Gasteiger partial charge in [-0.2, -0.15) is 13.2 Å². The van der Waals surface area contributed by atoms with E-state index in [1.807, 2.05) is 0 Å². The maximum atomic E-state index is 12.2. The van der Waals surface area contributed by atoms with Crippen LogP contribution < -0.4 is 5.73 Å². The standard InChI is InChI=1S/C10H10F3NOS/c1-6(15)4-7-5-8(14)2-3-9(7)16-10(11,12)13/h2-3,5H,4,14H2,1H3. The number of Topliss-reactive ketones (excluding diaryl/α,β-unsaturated/α-hetero) is 1. The smallest absolute Gasteiger partial charge is 0.399 e. The number of alkyl halides is 3. The fourth-order valence-electron chi connectivity index (χ4n) is 1.23. The van der Waals surface area contributed by atoms with Crippen molar-refractivity contribution in [1.29, 1.82) is 0 Å². The minimum atomic E-state index is -4.36. The second kappa shape index (κ2) is 4.78. The Labute approximate surface area is 95.0 Å². The second-order valence-corrected chi connectivity index (χ2v) is 4.40. The quantitative estimate of drug-likeness (QED) is 0.661. The molecule has 0 aromatic heterocycles. The minimum absolute atomic E-state index is 0.0249. The molecule has 2 N–H and O–H groups in total. The van der Waals surface area contributed by atoms with E-state index in [0.29, 0.717) is 11.3 Å². The number of carbonyl (C=O) groups is 1. The summed E-state index contributed by atoms with van der Waals surface area (Å²) < 4.78 is 36.6. The summed E-state index contributed by atoms with van der Waals surface area (Å²) in [4.78, 5) is 10.9. The zero-order valence-corrected chi connectivity index (χ0v) is 9.28. The monoisotopic (exact) mass is 249 g/mol. The first-order valence-corrected chi connectivity index (χ1v) is 5.23. The van der Waals surface area contributed by atoms with Gasteiger partial charge in [0.25, 0.3) is 0 Å². The van der Waals surface area contributed by atoms with Crippen LogP contribution in [-0.2, 0) is 11.2 Å². The summed E-state index contributed by atoms with van der Waals surface area (Å²) in [5, 5.41) is 0. The Morgan fingerprint density at radius 1 is 1.44 bits per heavy atom.